The molecule has 0 spiro atoms. The van der Waals surface area contributed by atoms with E-state index in [-0.39, 0.29) is 12.4 Å². The van der Waals surface area contributed by atoms with Gasteiger partial charge in [0.15, 0.2) is 23.0 Å². The molecule has 150 valence electrons. The Hall–Kier alpha value is -3.18. The van der Waals surface area contributed by atoms with Crippen LogP contribution in [-0.4, -0.2) is 33.5 Å². The van der Waals surface area contributed by atoms with Gasteiger partial charge in [-0.15, -0.1) is 0 Å². The third-order valence-electron chi connectivity index (χ3n) is 4.27. The molecule has 0 fully saturated rings. The fourth-order valence-electron chi connectivity index (χ4n) is 2.84. The quantitative estimate of drug-likeness (QED) is 0.504. The predicted molar refractivity (Wildman–Crippen MR) is 110 cm³/mol. The molecule has 0 radical (unpaired) electrons. The second-order valence-corrected chi connectivity index (χ2v) is 6.96. The first-order valence-corrected chi connectivity index (χ1v) is 9.55. The zero-order valence-electron chi connectivity index (χ0n) is 16.0. The summed E-state index contributed by atoms with van der Waals surface area (Å²) in [6, 6.07) is 11.0. The Balaban J connectivity index is 1.64. The normalized spacial score (nSPS) is 12.3. The smallest absolute Gasteiger partial charge is 0.261 e. The highest BCUT2D eigenvalue weighted by Crippen LogP contribution is 2.40. The number of ether oxygens (including phenoxy) is 4. The van der Waals surface area contributed by atoms with Crippen LogP contribution in [0.5, 0.6) is 23.0 Å². The van der Waals surface area contributed by atoms with E-state index in [1.807, 2.05) is 24.3 Å². The van der Waals surface area contributed by atoms with Crippen molar-refractivity contribution in [2.75, 3.05) is 27.6 Å². The Bertz CT molecular complexity index is 997. The number of halogens is 1. The molecule has 1 amide bonds. The number of amides is 1. The molecule has 0 saturated carbocycles. The van der Waals surface area contributed by atoms with Gasteiger partial charge in [0.25, 0.3) is 5.91 Å². The number of carbonyl (C=O) groups excluding carboxylic acids is 1. The molecule has 0 aliphatic carbocycles. The summed E-state index contributed by atoms with van der Waals surface area (Å²) in [5.74, 6) is 2.01. The Morgan fingerprint density at radius 3 is 2.76 bits per heavy atom. The second-order valence-electron chi connectivity index (χ2n) is 6.10. The maximum absolute atomic E-state index is 12.4. The molecule has 3 rings (SSSR count). The van der Waals surface area contributed by atoms with Crippen molar-refractivity contribution in [2.24, 2.45) is 0 Å². The van der Waals surface area contributed by atoms with E-state index in [1.54, 1.807) is 26.4 Å². The van der Waals surface area contributed by atoms with Crippen LogP contribution in [0, 0.1) is 11.3 Å². The summed E-state index contributed by atoms with van der Waals surface area (Å²) in [4.78, 5) is 12.4. The summed E-state index contributed by atoms with van der Waals surface area (Å²) in [5, 5.41) is 12.2. The van der Waals surface area contributed by atoms with Gasteiger partial charge in [-0.05, 0) is 63.8 Å². The van der Waals surface area contributed by atoms with Gasteiger partial charge in [-0.2, -0.15) is 5.26 Å². The van der Waals surface area contributed by atoms with Gasteiger partial charge in [0.1, 0.15) is 11.6 Å². The minimum absolute atomic E-state index is 0.00285. The van der Waals surface area contributed by atoms with Crippen LogP contribution in [0.4, 0.5) is 0 Å². The van der Waals surface area contributed by atoms with Crippen LogP contribution in [0.15, 0.2) is 40.4 Å². The van der Waals surface area contributed by atoms with Crippen LogP contribution in [0.2, 0.25) is 0 Å². The van der Waals surface area contributed by atoms with Crippen molar-refractivity contribution in [1.82, 2.24) is 5.32 Å². The van der Waals surface area contributed by atoms with Gasteiger partial charge in [-0.3, -0.25) is 4.79 Å². The van der Waals surface area contributed by atoms with Crippen molar-refractivity contribution in [3.8, 4) is 29.1 Å². The number of rotatable bonds is 7. The number of carbonyl (C=O) groups is 1. The van der Waals surface area contributed by atoms with Crippen LogP contribution >= 0.6 is 15.9 Å². The first-order chi connectivity index (χ1) is 14.0. The van der Waals surface area contributed by atoms with E-state index in [4.69, 9.17) is 18.9 Å². The van der Waals surface area contributed by atoms with E-state index in [0.717, 1.165) is 5.56 Å². The number of hydrogen-bond acceptors (Lipinski definition) is 6. The first kappa shape index (κ1) is 20.6. The fraction of sp³-hybridized carbons (Fsp3) is 0.238. The lowest BCUT2D eigenvalue weighted by molar-refractivity contribution is -0.117. The number of nitrogens with zero attached hydrogens (tertiary/aromatic N) is 1. The van der Waals surface area contributed by atoms with Crippen molar-refractivity contribution in [3.05, 3.63) is 51.5 Å². The van der Waals surface area contributed by atoms with Gasteiger partial charge >= 0.3 is 0 Å². The number of hydrogen-bond donors (Lipinski definition) is 1. The van der Waals surface area contributed by atoms with Crippen molar-refractivity contribution < 1.29 is 23.7 Å². The van der Waals surface area contributed by atoms with E-state index >= 15 is 0 Å². The van der Waals surface area contributed by atoms with E-state index in [2.05, 4.69) is 21.2 Å². The second kappa shape index (κ2) is 9.34. The van der Waals surface area contributed by atoms with E-state index in [1.165, 1.54) is 6.08 Å². The summed E-state index contributed by atoms with van der Waals surface area (Å²) >= 11 is 3.40. The van der Waals surface area contributed by atoms with Crippen LogP contribution < -0.4 is 24.3 Å². The molecule has 0 aromatic heterocycles. The van der Waals surface area contributed by atoms with Gasteiger partial charge in [-0.1, -0.05) is 6.07 Å². The molecule has 1 heterocycles. The molecule has 2 aromatic rings. The monoisotopic (exact) mass is 458 g/mol. The highest BCUT2D eigenvalue weighted by molar-refractivity contribution is 9.10. The van der Waals surface area contributed by atoms with Crippen molar-refractivity contribution in [2.45, 2.75) is 6.42 Å². The molecule has 0 saturated heterocycles. The van der Waals surface area contributed by atoms with Crippen molar-refractivity contribution in [3.63, 3.8) is 0 Å². The Morgan fingerprint density at radius 2 is 2.03 bits per heavy atom. The molecule has 2 aromatic carbocycles. The minimum atomic E-state index is -0.443. The largest absolute Gasteiger partial charge is 0.493 e. The maximum Gasteiger partial charge on any atom is 0.261 e. The van der Waals surface area contributed by atoms with Crippen molar-refractivity contribution in [1.29, 1.82) is 5.26 Å². The van der Waals surface area contributed by atoms with Crippen LogP contribution in [-0.2, 0) is 11.2 Å². The van der Waals surface area contributed by atoms with Gasteiger partial charge in [0, 0.05) is 6.54 Å². The SMILES string of the molecule is COc1ccc(CCNC(=O)/C(C#N)=C/c2cc(Br)c3c(c2)OCO3)cc1OC. The molecular formula is C21H19BrN2O5. The summed E-state index contributed by atoms with van der Waals surface area (Å²) < 4.78 is 21.9. The number of fused-ring (bicyclic) bond motifs is 1. The molecule has 0 bridgehead atoms. The van der Waals surface area contributed by atoms with E-state index in [9.17, 15) is 10.1 Å². The third-order valence-corrected chi connectivity index (χ3v) is 4.86. The van der Waals surface area contributed by atoms with Gasteiger partial charge in [-0.25, -0.2) is 0 Å². The number of nitrogens with one attached hydrogen (secondary N) is 1. The third kappa shape index (κ3) is 4.81. The Morgan fingerprint density at radius 1 is 1.24 bits per heavy atom. The lowest BCUT2D eigenvalue weighted by Gasteiger charge is -2.10. The molecule has 1 aliphatic rings. The van der Waals surface area contributed by atoms with E-state index in [0.29, 0.717) is 46.0 Å². The molecule has 7 nitrogen and oxygen atoms in total. The van der Waals surface area contributed by atoms with Gasteiger partial charge < -0.3 is 24.3 Å². The predicted octanol–water partition coefficient (Wildman–Crippen LogP) is 3.46. The van der Waals surface area contributed by atoms with E-state index < -0.39 is 5.91 Å². The zero-order chi connectivity index (χ0) is 20.8. The van der Waals surface area contributed by atoms with Crippen LogP contribution in [0.25, 0.3) is 6.08 Å². The molecule has 1 aliphatic heterocycles. The summed E-state index contributed by atoms with van der Waals surface area (Å²) in [7, 11) is 3.15. The molecular weight excluding hydrogens is 440 g/mol. The lowest BCUT2D eigenvalue weighted by Crippen LogP contribution is -2.26. The molecule has 29 heavy (non-hydrogen) atoms. The van der Waals surface area contributed by atoms with Crippen LogP contribution in [0.3, 0.4) is 0 Å². The highest BCUT2D eigenvalue weighted by Gasteiger charge is 2.18. The summed E-state index contributed by atoms with van der Waals surface area (Å²) in [6.07, 6.45) is 2.10. The average molecular weight is 459 g/mol. The Labute approximate surface area is 177 Å². The fourth-order valence-corrected chi connectivity index (χ4v) is 3.41. The summed E-state index contributed by atoms with van der Waals surface area (Å²) in [5.41, 5.74) is 1.64. The standard InChI is InChI=1S/C21H19BrN2O5/c1-26-17-4-3-13(9-18(17)27-2)5-6-24-21(25)15(11-23)7-14-8-16(22)20-19(10-14)28-12-29-20/h3-4,7-10H,5-6,12H2,1-2H3,(H,24,25)/b15-7+. The molecule has 0 atom stereocenters. The number of nitriles is 1. The number of methoxy groups -OCH3 is 2. The molecule has 8 heteroatoms. The van der Waals surface area contributed by atoms with Gasteiger partial charge in [0.05, 0.1) is 18.7 Å². The molecule has 1 N–H and O–H groups in total. The zero-order valence-corrected chi connectivity index (χ0v) is 17.5. The molecule has 0 unspecified atom stereocenters. The average Bonchev–Trinajstić information content (AvgIpc) is 3.21. The maximum atomic E-state index is 12.4. The van der Waals surface area contributed by atoms with Gasteiger partial charge in [0.2, 0.25) is 6.79 Å². The topological polar surface area (TPSA) is 89.8 Å². The first-order valence-electron chi connectivity index (χ1n) is 8.75. The van der Waals surface area contributed by atoms with Crippen molar-refractivity contribution >= 4 is 27.9 Å². The minimum Gasteiger partial charge on any atom is -0.493 e. The summed E-state index contributed by atoms with van der Waals surface area (Å²) in [6.45, 7) is 0.515. The highest BCUT2D eigenvalue weighted by atomic mass is 79.9. The lowest BCUT2D eigenvalue weighted by atomic mass is 10.1. The van der Waals surface area contributed by atoms with Crippen LogP contribution in [0.1, 0.15) is 11.1 Å². The number of benzene rings is 2. The Kier molecular flexibility index (Phi) is 6.62.